The van der Waals surface area contributed by atoms with Crippen LogP contribution in [-0.4, -0.2) is 5.11 Å². The number of benzene rings is 1. The fourth-order valence-electron chi connectivity index (χ4n) is 5.49. The minimum Gasteiger partial charge on any atom is -0.505 e. The maximum absolute atomic E-state index is 14.1. The van der Waals surface area contributed by atoms with Crippen molar-refractivity contribution >= 4 is 0 Å². The van der Waals surface area contributed by atoms with Gasteiger partial charge in [-0.15, -0.1) is 0 Å². The average Bonchev–Trinajstić information content (AvgIpc) is 3.45. The zero-order valence-electron chi connectivity index (χ0n) is 15.0. The summed E-state index contributed by atoms with van der Waals surface area (Å²) in [5.41, 5.74) is 0.460. The summed E-state index contributed by atoms with van der Waals surface area (Å²) in [7, 11) is 0. The lowest BCUT2D eigenvalue weighted by Crippen LogP contribution is -2.25. The lowest BCUT2D eigenvalue weighted by Gasteiger charge is -2.38. The zero-order valence-corrected chi connectivity index (χ0v) is 15.0. The first kappa shape index (κ1) is 17.3. The van der Waals surface area contributed by atoms with Crippen LogP contribution in [0.3, 0.4) is 0 Å². The standard InChI is InChI=1S/C22H30F2O/c23-21-19(11-12-20(25)22(21)24)18-9-7-17(8-10-18)16-5-3-15(4-6-16)13-14-1-2-14/h11-12,14-18,25H,1-10,13H2. The van der Waals surface area contributed by atoms with Crippen molar-refractivity contribution in [2.24, 2.45) is 23.7 Å². The number of aromatic hydroxyl groups is 1. The number of phenols is 1. The molecule has 0 amide bonds. The highest BCUT2D eigenvalue weighted by atomic mass is 19.2. The summed E-state index contributed by atoms with van der Waals surface area (Å²) in [6.07, 6.45) is 14.2. The fourth-order valence-corrected chi connectivity index (χ4v) is 5.49. The van der Waals surface area contributed by atoms with E-state index in [1.165, 1.54) is 51.0 Å². The Balaban J connectivity index is 1.29. The van der Waals surface area contributed by atoms with E-state index >= 15 is 0 Å². The minimum atomic E-state index is -1.09. The summed E-state index contributed by atoms with van der Waals surface area (Å²) < 4.78 is 27.7. The SMILES string of the molecule is Oc1ccc(C2CCC(C3CCC(CC4CC4)CC3)CC2)c(F)c1F. The van der Waals surface area contributed by atoms with Gasteiger partial charge in [-0.25, -0.2) is 4.39 Å². The third kappa shape index (κ3) is 3.85. The summed E-state index contributed by atoms with van der Waals surface area (Å²) >= 11 is 0. The van der Waals surface area contributed by atoms with Gasteiger partial charge in [-0.1, -0.05) is 31.7 Å². The van der Waals surface area contributed by atoms with E-state index in [1.807, 2.05) is 0 Å². The maximum Gasteiger partial charge on any atom is 0.200 e. The molecule has 1 nitrogen and oxygen atoms in total. The van der Waals surface area contributed by atoms with Gasteiger partial charge < -0.3 is 5.11 Å². The van der Waals surface area contributed by atoms with Crippen LogP contribution >= 0.6 is 0 Å². The van der Waals surface area contributed by atoms with Crippen molar-refractivity contribution in [2.75, 3.05) is 0 Å². The number of rotatable bonds is 4. The van der Waals surface area contributed by atoms with Crippen molar-refractivity contribution in [1.82, 2.24) is 0 Å². The van der Waals surface area contributed by atoms with E-state index in [1.54, 1.807) is 6.07 Å². The Kier molecular flexibility index (Phi) is 5.01. The normalized spacial score (nSPS) is 33.4. The molecular weight excluding hydrogens is 318 g/mol. The summed E-state index contributed by atoms with van der Waals surface area (Å²) in [5.74, 6) is 1.26. The average molecular weight is 348 g/mol. The second-order valence-corrected chi connectivity index (χ2v) is 8.87. The van der Waals surface area contributed by atoms with Crippen molar-refractivity contribution in [3.63, 3.8) is 0 Å². The van der Waals surface area contributed by atoms with E-state index in [0.29, 0.717) is 5.56 Å². The van der Waals surface area contributed by atoms with Crippen molar-refractivity contribution in [3.05, 3.63) is 29.3 Å². The molecule has 3 aliphatic carbocycles. The van der Waals surface area contributed by atoms with Crippen LogP contribution in [0.5, 0.6) is 5.75 Å². The minimum absolute atomic E-state index is 0.109. The molecule has 3 fully saturated rings. The number of halogens is 2. The smallest absolute Gasteiger partial charge is 0.200 e. The molecule has 0 unspecified atom stereocenters. The lowest BCUT2D eigenvalue weighted by molar-refractivity contribution is 0.154. The van der Waals surface area contributed by atoms with Gasteiger partial charge in [-0.2, -0.15) is 4.39 Å². The Hall–Kier alpha value is -1.12. The van der Waals surface area contributed by atoms with Gasteiger partial charge in [0.1, 0.15) is 0 Å². The molecule has 1 aromatic carbocycles. The van der Waals surface area contributed by atoms with Crippen LogP contribution in [0.25, 0.3) is 0 Å². The second-order valence-electron chi connectivity index (χ2n) is 8.87. The predicted molar refractivity (Wildman–Crippen MR) is 95.5 cm³/mol. The number of hydrogen-bond donors (Lipinski definition) is 1. The molecule has 0 aliphatic heterocycles. The Morgan fingerprint density at radius 2 is 1.24 bits per heavy atom. The molecule has 0 heterocycles. The Morgan fingerprint density at radius 3 is 1.80 bits per heavy atom. The summed E-state index contributed by atoms with van der Waals surface area (Å²) in [6, 6.07) is 2.86. The van der Waals surface area contributed by atoms with Gasteiger partial charge in [0, 0.05) is 0 Å². The molecule has 0 aromatic heterocycles. The van der Waals surface area contributed by atoms with Gasteiger partial charge in [0.25, 0.3) is 0 Å². The predicted octanol–water partition coefficient (Wildman–Crippen LogP) is 6.55. The molecule has 1 N–H and O–H groups in total. The Bertz CT molecular complexity index is 594. The van der Waals surface area contributed by atoms with Crippen LogP contribution in [0.15, 0.2) is 12.1 Å². The summed E-state index contributed by atoms with van der Waals surface area (Å²) in [6.45, 7) is 0. The molecule has 138 valence electrons. The molecule has 4 rings (SSSR count). The molecule has 3 heteroatoms. The molecular formula is C22H30F2O. The van der Waals surface area contributed by atoms with Gasteiger partial charge >= 0.3 is 0 Å². The van der Waals surface area contributed by atoms with E-state index in [9.17, 15) is 13.9 Å². The molecule has 0 radical (unpaired) electrons. The molecule has 0 atom stereocenters. The van der Waals surface area contributed by atoms with Crippen molar-refractivity contribution < 1.29 is 13.9 Å². The molecule has 0 saturated heterocycles. The molecule has 3 saturated carbocycles. The van der Waals surface area contributed by atoms with E-state index in [0.717, 1.165) is 49.4 Å². The molecule has 25 heavy (non-hydrogen) atoms. The highest BCUT2D eigenvalue weighted by Gasteiger charge is 2.34. The van der Waals surface area contributed by atoms with Crippen LogP contribution in [0, 0.1) is 35.3 Å². The highest BCUT2D eigenvalue weighted by Crippen LogP contribution is 2.47. The van der Waals surface area contributed by atoms with Crippen LogP contribution in [0.2, 0.25) is 0 Å². The highest BCUT2D eigenvalue weighted by molar-refractivity contribution is 5.32. The second kappa shape index (κ2) is 7.25. The first-order chi connectivity index (χ1) is 12.1. The van der Waals surface area contributed by atoms with Crippen LogP contribution in [0.4, 0.5) is 8.78 Å². The van der Waals surface area contributed by atoms with E-state index in [-0.39, 0.29) is 5.92 Å². The molecule has 3 aliphatic rings. The van der Waals surface area contributed by atoms with Crippen LogP contribution < -0.4 is 0 Å². The quantitative estimate of drug-likeness (QED) is 0.654. The monoisotopic (exact) mass is 348 g/mol. The molecule has 0 spiro atoms. The molecule has 0 bridgehead atoms. The molecule has 1 aromatic rings. The van der Waals surface area contributed by atoms with Crippen LogP contribution in [-0.2, 0) is 0 Å². The van der Waals surface area contributed by atoms with Gasteiger partial charge in [-0.05, 0) is 86.2 Å². The van der Waals surface area contributed by atoms with Crippen molar-refractivity contribution in [2.45, 2.75) is 76.5 Å². The van der Waals surface area contributed by atoms with E-state index in [4.69, 9.17) is 0 Å². The summed E-state index contributed by atoms with van der Waals surface area (Å²) in [4.78, 5) is 0. The topological polar surface area (TPSA) is 20.2 Å². The van der Waals surface area contributed by atoms with Crippen molar-refractivity contribution in [3.8, 4) is 5.75 Å². The number of hydrogen-bond acceptors (Lipinski definition) is 1. The first-order valence-electron chi connectivity index (χ1n) is 10.3. The lowest BCUT2D eigenvalue weighted by atomic mass is 9.68. The van der Waals surface area contributed by atoms with E-state index < -0.39 is 17.4 Å². The third-order valence-corrected chi connectivity index (χ3v) is 7.23. The fraction of sp³-hybridized carbons (Fsp3) is 0.727. The summed E-state index contributed by atoms with van der Waals surface area (Å²) in [5, 5.41) is 9.30. The zero-order chi connectivity index (χ0) is 17.4. The van der Waals surface area contributed by atoms with Crippen LogP contribution in [0.1, 0.15) is 82.1 Å². The van der Waals surface area contributed by atoms with Crippen molar-refractivity contribution in [1.29, 1.82) is 0 Å². The van der Waals surface area contributed by atoms with Gasteiger partial charge in [0.05, 0.1) is 0 Å². The van der Waals surface area contributed by atoms with E-state index in [2.05, 4.69) is 0 Å². The maximum atomic E-state index is 14.1. The number of phenolic OH excluding ortho intramolecular Hbond substituents is 1. The Morgan fingerprint density at radius 1 is 0.720 bits per heavy atom. The van der Waals surface area contributed by atoms with Gasteiger partial charge in [0.2, 0.25) is 5.82 Å². The third-order valence-electron chi connectivity index (χ3n) is 7.23. The largest absolute Gasteiger partial charge is 0.505 e. The first-order valence-corrected chi connectivity index (χ1v) is 10.3. The van der Waals surface area contributed by atoms with Gasteiger partial charge in [-0.3, -0.25) is 0 Å². The Labute approximate surface area is 149 Å². The van der Waals surface area contributed by atoms with Gasteiger partial charge in [0.15, 0.2) is 11.6 Å².